The van der Waals surface area contributed by atoms with E-state index in [9.17, 15) is 4.79 Å². The molecule has 2 fully saturated rings. The van der Waals surface area contributed by atoms with Gasteiger partial charge in [0, 0.05) is 31.3 Å². The highest BCUT2D eigenvalue weighted by molar-refractivity contribution is 7.99. The van der Waals surface area contributed by atoms with E-state index in [-0.39, 0.29) is 12.0 Å². The minimum absolute atomic E-state index is 0.164. The Bertz CT molecular complexity index is 242. The molecule has 0 aliphatic carbocycles. The fraction of sp³-hybridized carbons (Fsp3) is 0.909. The zero-order valence-electron chi connectivity index (χ0n) is 9.78. The van der Waals surface area contributed by atoms with Gasteiger partial charge in [-0.25, -0.2) is 0 Å². The van der Waals surface area contributed by atoms with Crippen molar-refractivity contribution in [2.24, 2.45) is 5.92 Å². The third kappa shape index (κ3) is 2.90. The number of likely N-dealkylation sites (N-methyl/N-ethyl adjacent to an activating group) is 1. The molecule has 0 aromatic carbocycles. The van der Waals surface area contributed by atoms with E-state index in [1.165, 1.54) is 0 Å². The van der Waals surface area contributed by atoms with Gasteiger partial charge in [-0.3, -0.25) is 4.79 Å². The van der Waals surface area contributed by atoms with Crippen LogP contribution in [-0.2, 0) is 9.53 Å². The highest BCUT2D eigenvalue weighted by Crippen LogP contribution is 2.25. The van der Waals surface area contributed by atoms with Crippen LogP contribution in [0.25, 0.3) is 0 Å². The Labute approximate surface area is 101 Å². The summed E-state index contributed by atoms with van der Waals surface area (Å²) in [5.74, 6) is 2.75. The Morgan fingerprint density at radius 1 is 1.62 bits per heavy atom. The predicted molar refractivity (Wildman–Crippen MR) is 65.7 cm³/mol. The normalized spacial score (nSPS) is 30.7. The van der Waals surface area contributed by atoms with Crippen molar-refractivity contribution in [3.05, 3.63) is 0 Å². The molecule has 2 rings (SSSR count). The summed E-state index contributed by atoms with van der Waals surface area (Å²) in [5, 5.41) is 3.10. The smallest absolute Gasteiger partial charge is 0.226 e. The maximum absolute atomic E-state index is 12.2. The lowest BCUT2D eigenvalue weighted by Crippen LogP contribution is -2.50. The number of nitrogens with one attached hydrogen (secondary N) is 1. The topological polar surface area (TPSA) is 41.6 Å². The van der Waals surface area contributed by atoms with Gasteiger partial charge in [-0.15, -0.1) is 0 Å². The van der Waals surface area contributed by atoms with Crippen molar-refractivity contribution in [1.82, 2.24) is 10.2 Å². The van der Waals surface area contributed by atoms with Crippen LogP contribution in [0.1, 0.15) is 6.42 Å². The number of carbonyl (C=O) groups excluding carboxylic acids is 1. The molecule has 2 aliphatic heterocycles. The van der Waals surface area contributed by atoms with Crippen molar-refractivity contribution in [2.75, 3.05) is 44.8 Å². The number of ether oxygens (including phenoxy) is 1. The lowest BCUT2D eigenvalue weighted by atomic mass is 10.1. The lowest BCUT2D eigenvalue weighted by molar-refractivity contribution is -0.142. The van der Waals surface area contributed by atoms with Crippen molar-refractivity contribution < 1.29 is 9.53 Å². The molecule has 5 heteroatoms. The number of hydrogen-bond donors (Lipinski definition) is 1. The van der Waals surface area contributed by atoms with E-state index < -0.39 is 0 Å². The fourth-order valence-corrected chi connectivity index (χ4v) is 3.47. The first-order valence-electron chi connectivity index (χ1n) is 5.94. The van der Waals surface area contributed by atoms with Gasteiger partial charge in [0.1, 0.15) is 0 Å². The van der Waals surface area contributed by atoms with Crippen molar-refractivity contribution in [3.63, 3.8) is 0 Å². The summed E-state index contributed by atoms with van der Waals surface area (Å²) in [4.78, 5) is 14.2. The largest absolute Gasteiger partial charge is 0.373 e. The Morgan fingerprint density at radius 3 is 3.19 bits per heavy atom. The van der Waals surface area contributed by atoms with Crippen molar-refractivity contribution in [1.29, 1.82) is 0 Å². The lowest BCUT2D eigenvalue weighted by Gasteiger charge is -2.34. The summed E-state index contributed by atoms with van der Waals surface area (Å²) in [6, 6.07) is 0. The molecule has 2 saturated heterocycles. The minimum Gasteiger partial charge on any atom is -0.373 e. The van der Waals surface area contributed by atoms with Crippen LogP contribution in [0.4, 0.5) is 0 Å². The SMILES string of the molecule is CNCC1CN(C(=O)C2CCSC2)CCO1. The minimum atomic E-state index is 0.164. The van der Waals surface area contributed by atoms with Crippen molar-refractivity contribution in [2.45, 2.75) is 12.5 Å². The second-order valence-electron chi connectivity index (χ2n) is 4.40. The Kier molecular flexibility index (Phi) is 4.49. The van der Waals surface area contributed by atoms with Gasteiger partial charge in [0.2, 0.25) is 5.91 Å². The Hall–Kier alpha value is -0.260. The molecule has 2 heterocycles. The maximum atomic E-state index is 12.2. The number of amides is 1. The van der Waals surface area contributed by atoms with Gasteiger partial charge >= 0.3 is 0 Å². The van der Waals surface area contributed by atoms with Crippen LogP contribution in [0.3, 0.4) is 0 Å². The van der Waals surface area contributed by atoms with Crippen molar-refractivity contribution >= 4 is 17.7 Å². The van der Waals surface area contributed by atoms with Crippen LogP contribution >= 0.6 is 11.8 Å². The maximum Gasteiger partial charge on any atom is 0.226 e. The molecule has 2 atom stereocenters. The molecule has 4 nitrogen and oxygen atoms in total. The molecule has 0 aromatic heterocycles. The van der Waals surface area contributed by atoms with Gasteiger partial charge in [0.15, 0.2) is 0 Å². The third-order valence-electron chi connectivity index (χ3n) is 3.16. The van der Waals surface area contributed by atoms with Gasteiger partial charge < -0.3 is 15.0 Å². The number of nitrogens with zero attached hydrogens (tertiary/aromatic N) is 1. The number of hydrogen-bond acceptors (Lipinski definition) is 4. The molecule has 92 valence electrons. The van der Waals surface area contributed by atoms with Gasteiger partial charge in [0.05, 0.1) is 12.7 Å². The molecule has 2 aliphatic rings. The first kappa shape index (κ1) is 12.2. The van der Waals surface area contributed by atoms with Crippen LogP contribution in [-0.4, -0.2) is 61.7 Å². The molecular formula is C11H20N2O2S. The molecule has 0 spiro atoms. The zero-order chi connectivity index (χ0) is 11.4. The second-order valence-corrected chi connectivity index (χ2v) is 5.55. The summed E-state index contributed by atoms with van der Waals surface area (Å²) in [7, 11) is 1.91. The highest BCUT2D eigenvalue weighted by Gasteiger charge is 2.30. The van der Waals surface area contributed by atoms with E-state index in [0.717, 1.165) is 37.6 Å². The summed E-state index contributed by atoms with van der Waals surface area (Å²) in [6.45, 7) is 3.02. The predicted octanol–water partition coefficient (Wildman–Crippen LogP) is 0.186. The molecule has 0 aromatic rings. The number of rotatable bonds is 3. The molecule has 1 N–H and O–H groups in total. The van der Waals surface area contributed by atoms with Gasteiger partial charge in [-0.1, -0.05) is 0 Å². The van der Waals surface area contributed by atoms with Crippen LogP contribution < -0.4 is 5.32 Å². The fourth-order valence-electron chi connectivity index (χ4n) is 2.26. The zero-order valence-corrected chi connectivity index (χ0v) is 10.6. The van der Waals surface area contributed by atoms with Crippen LogP contribution in [0.5, 0.6) is 0 Å². The Balaban J connectivity index is 1.85. The van der Waals surface area contributed by atoms with E-state index in [1.807, 2.05) is 23.7 Å². The quantitative estimate of drug-likeness (QED) is 0.769. The first-order chi connectivity index (χ1) is 7.81. The number of carbonyl (C=O) groups is 1. The van der Waals surface area contributed by atoms with E-state index in [2.05, 4.69) is 5.32 Å². The molecule has 0 bridgehead atoms. The first-order valence-corrected chi connectivity index (χ1v) is 7.09. The number of thioether (sulfide) groups is 1. The summed E-state index contributed by atoms with van der Waals surface area (Å²) in [5.41, 5.74) is 0. The third-order valence-corrected chi connectivity index (χ3v) is 4.32. The molecule has 0 saturated carbocycles. The van der Waals surface area contributed by atoms with E-state index in [1.54, 1.807) is 0 Å². The average molecular weight is 244 g/mol. The summed E-state index contributed by atoms with van der Waals surface area (Å²) in [6.07, 6.45) is 1.22. The molecule has 2 unspecified atom stereocenters. The van der Waals surface area contributed by atoms with Crippen LogP contribution in [0, 0.1) is 5.92 Å². The Morgan fingerprint density at radius 2 is 2.50 bits per heavy atom. The van der Waals surface area contributed by atoms with Crippen molar-refractivity contribution in [3.8, 4) is 0 Å². The summed E-state index contributed by atoms with van der Waals surface area (Å²) >= 11 is 1.89. The average Bonchev–Trinajstić information content (AvgIpc) is 2.82. The van der Waals surface area contributed by atoms with Gasteiger partial charge in [-0.05, 0) is 19.2 Å². The highest BCUT2D eigenvalue weighted by atomic mass is 32.2. The van der Waals surface area contributed by atoms with E-state index >= 15 is 0 Å². The monoisotopic (exact) mass is 244 g/mol. The van der Waals surface area contributed by atoms with Gasteiger partial charge in [-0.2, -0.15) is 11.8 Å². The molecule has 1 amide bonds. The van der Waals surface area contributed by atoms with Crippen LogP contribution in [0.2, 0.25) is 0 Å². The molecular weight excluding hydrogens is 224 g/mol. The van der Waals surface area contributed by atoms with E-state index in [0.29, 0.717) is 12.5 Å². The second kappa shape index (κ2) is 5.89. The van der Waals surface area contributed by atoms with Crippen LogP contribution in [0.15, 0.2) is 0 Å². The van der Waals surface area contributed by atoms with Gasteiger partial charge in [0.25, 0.3) is 0 Å². The number of morpholine rings is 1. The van der Waals surface area contributed by atoms with E-state index in [4.69, 9.17) is 4.74 Å². The summed E-state index contributed by atoms with van der Waals surface area (Å²) < 4.78 is 5.60. The standard InChI is InChI=1S/C11H20N2O2S/c1-12-6-10-7-13(3-4-15-10)11(14)9-2-5-16-8-9/h9-10,12H,2-8H2,1H3. The molecule has 0 radical (unpaired) electrons. The molecule has 16 heavy (non-hydrogen) atoms.